The van der Waals surface area contributed by atoms with Crippen LogP contribution < -0.4 is 10.6 Å². The Kier molecular flexibility index (Phi) is 3.01. The molecule has 2 aromatic carbocycles. The lowest BCUT2D eigenvalue weighted by molar-refractivity contribution is -0.119. The summed E-state index contributed by atoms with van der Waals surface area (Å²) in [6.45, 7) is 0.448. The summed E-state index contributed by atoms with van der Waals surface area (Å²) in [5, 5.41) is 0.660. The van der Waals surface area contributed by atoms with Gasteiger partial charge in [-0.2, -0.15) is 0 Å². The third-order valence-electron chi connectivity index (χ3n) is 3.38. The summed E-state index contributed by atoms with van der Waals surface area (Å²) in [7, 11) is 0. The normalized spacial score (nSPS) is 17.7. The highest BCUT2D eigenvalue weighted by Crippen LogP contribution is 2.35. The highest BCUT2D eigenvalue weighted by molar-refractivity contribution is 6.31. The summed E-state index contributed by atoms with van der Waals surface area (Å²) in [4.78, 5) is 13.9. The van der Waals surface area contributed by atoms with E-state index in [2.05, 4.69) is 0 Å². The van der Waals surface area contributed by atoms with Crippen molar-refractivity contribution >= 4 is 23.2 Å². The average molecular weight is 273 g/mol. The first-order valence-corrected chi connectivity index (χ1v) is 6.45. The number of rotatable bonds is 2. The van der Waals surface area contributed by atoms with Crippen molar-refractivity contribution in [1.82, 2.24) is 0 Å². The topological polar surface area (TPSA) is 46.3 Å². The molecule has 1 aliphatic heterocycles. The highest BCUT2D eigenvalue weighted by atomic mass is 35.5. The maximum absolute atomic E-state index is 12.2. The van der Waals surface area contributed by atoms with Crippen molar-refractivity contribution in [2.24, 2.45) is 5.73 Å². The maximum atomic E-state index is 12.2. The number of para-hydroxylation sites is 1. The van der Waals surface area contributed by atoms with Crippen LogP contribution in [0.2, 0.25) is 5.02 Å². The number of nitrogens with two attached hydrogens (primary N) is 1. The van der Waals surface area contributed by atoms with Gasteiger partial charge in [0, 0.05) is 16.3 Å². The van der Waals surface area contributed by atoms with Gasteiger partial charge in [0.05, 0.1) is 6.54 Å². The molecule has 96 valence electrons. The van der Waals surface area contributed by atoms with E-state index in [0.29, 0.717) is 11.6 Å². The quantitative estimate of drug-likeness (QED) is 0.914. The molecule has 0 saturated heterocycles. The van der Waals surface area contributed by atoms with Gasteiger partial charge in [0.1, 0.15) is 6.04 Å². The van der Waals surface area contributed by atoms with E-state index in [1.165, 1.54) is 0 Å². The van der Waals surface area contributed by atoms with Crippen molar-refractivity contribution in [3.05, 3.63) is 64.7 Å². The van der Waals surface area contributed by atoms with Gasteiger partial charge in [-0.3, -0.25) is 4.79 Å². The molecule has 0 spiro atoms. The largest absolute Gasteiger partial charge is 0.316 e. The summed E-state index contributed by atoms with van der Waals surface area (Å²) in [6.07, 6.45) is 0. The molecule has 2 aromatic rings. The first kappa shape index (κ1) is 12.2. The highest BCUT2D eigenvalue weighted by Gasteiger charge is 2.34. The summed E-state index contributed by atoms with van der Waals surface area (Å²) in [5.41, 5.74) is 8.62. The molecule has 3 nitrogen and oxygen atoms in total. The van der Waals surface area contributed by atoms with Crippen LogP contribution in [-0.4, -0.2) is 5.91 Å². The molecule has 0 bridgehead atoms. The summed E-state index contributed by atoms with van der Waals surface area (Å²) < 4.78 is 0. The monoisotopic (exact) mass is 272 g/mol. The molecule has 1 aliphatic rings. The van der Waals surface area contributed by atoms with Gasteiger partial charge >= 0.3 is 0 Å². The maximum Gasteiger partial charge on any atom is 0.248 e. The fraction of sp³-hybridized carbons (Fsp3) is 0.133. The van der Waals surface area contributed by atoms with E-state index >= 15 is 0 Å². The Morgan fingerprint density at radius 3 is 2.58 bits per heavy atom. The standard InChI is InChI=1S/C15H13ClN2O/c16-12-7-3-1-5-10(12)9-18-13-8-4-2-6-11(13)14(17)15(18)19/h1-8,14H,9,17H2/t14-/m0/s1. The predicted molar refractivity (Wildman–Crippen MR) is 76.0 cm³/mol. The third-order valence-corrected chi connectivity index (χ3v) is 3.75. The van der Waals surface area contributed by atoms with Crippen molar-refractivity contribution in [2.45, 2.75) is 12.6 Å². The lowest BCUT2D eigenvalue weighted by Crippen LogP contribution is -2.31. The first-order chi connectivity index (χ1) is 9.18. The number of benzene rings is 2. The Morgan fingerprint density at radius 1 is 1.11 bits per heavy atom. The summed E-state index contributed by atoms with van der Waals surface area (Å²) >= 11 is 6.14. The molecular weight excluding hydrogens is 260 g/mol. The Bertz CT molecular complexity index is 642. The second-order valence-corrected chi connectivity index (χ2v) is 4.96. The van der Waals surface area contributed by atoms with E-state index in [9.17, 15) is 4.79 Å². The lowest BCUT2D eigenvalue weighted by Gasteiger charge is -2.18. The lowest BCUT2D eigenvalue weighted by atomic mass is 10.1. The van der Waals surface area contributed by atoms with Crippen LogP contribution in [0.15, 0.2) is 48.5 Å². The number of amides is 1. The second-order valence-electron chi connectivity index (χ2n) is 4.55. The van der Waals surface area contributed by atoms with Gasteiger partial charge < -0.3 is 10.6 Å². The van der Waals surface area contributed by atoms with Crippen LogP contribution >= 0.6 is 11.6 Å². The first-order valence-electron chi connectivity index (χ1n) is 6.08. The Balaban J connectivity index is 1.98. The molecule has 0 unspecified atom stereocenters. The molecule has 0 radical (unpaired) electrons. The Labute approximate surface area is 116 Å². The van der Waals surface area contributed by atoms with Crippen LogP contribution in [0.4, 0.5) is 5.69 Å². The van der Waals surface area contributed by atoms with Gasteiger partial charge in [-0.25, -0.2) is 0 Å². The number of hydrogen-bond donors (Lipinski definition) is 1. The molecule has 19 heavy (non-hydrogen) atoms. The van der Waals surface area contributed by atoms with Crippen LogP contribution in [0.1, 0.15) is 17.2 Å². The van der Waals surface area contributed by atoms with E-state index in [-0.39, 0.29) is 5.91 Å². The van der Waals surface area contributed by atoms with Crippen LogP contribution in [0, 0.1) is 0 Å². The van der Waals surface area contributed by atoms with Crippen LogP contribution in [-0.2, 0) is 11.3 Å². The van der Waals surface area contributed by atoms with Gasteiger partial charge in [-0.15, -0.1) is 0 Å². The van der Waals surface area contributed by atoms with Crippen LogP contribution in [0.3, 0.4) is 0 Å². The van der Waals surface area contributed by atoms with E-state index in [1.807, 2.05) is 48.5 Å². The van der Waals surface area contributed by atoms with Crippen molar-refractivity contribution < 1.29 is 4.79 Å². The number of hydrogen-bond acceptors (Lipinski definition) is 2. The predicted octanol–water partition coefficient (Wildman–Crippen LogP) is 2.89. The molecule has 1 amide bonds. The number of halogens is 1. The SMILES string of the molecule is N[C@@H]1C(=O)N(Cc2ccccc2Cl)c2ccccc21. The molecule has 0 fully saturated rings. The number of carbonyl (C=O) groups is 1. The number of carbonyl (C=O) groups excluding carboxylic acids is 1. The second kappa shape index (κ2) is 4.68. The molecule has 1 heterocycles. The number of anilines is 1. The van der Waals surface area contributed by atoms with Crippen molar-refractivity contribution in [2.75, 3.05) is 4.90 Å². The fourth-order valence-corrected chi connectivity index (χ4v) is 2.57. The van der Waals surface area contributed by atoms with E-state index < -0.39 is 6.04 Å². The van der Waals surface area contributed by atoms with Gasteiger partial charge in [0.15, 0.2) is 0 Å². The smallest absolute Gasteiger partial charge is 0.248 e. The molecule has 4 heteroatoms. The van der Waals surface area contributed by atoms with Crippen molar-refractivity contribution in [1.29, 1.82) is 0 Å². The van der Waals surface area contributed by atoms with E-state index in [0.717, 1.165) is 16.8 Å². The van der Waals surface area contributed by atoms with Crippen molar-refractivity contribution in [3.8, 4) is 0 Å². The molecule has 2 N–H and O–H groups in total. The fourth-order valence-electron chi connectivity index (χ4n) is 2.38. The third kappa shape index (κ3) is 2.01. The molecule has 0 aromatic heterocycles. The molecular formula is C15H13ClN2O. The minimum atomic E-state index is -0.571. The van der Waals surface area contributed by atoms with Gasteiger partial charge in [-0.1, -0.05) is 48.0 Å². The van der Waals surface area contributed by atoms with Crippen LogP contribution in [0.25, 0.3) is 0 Å². The molecule has 1 atom stereocenters. The zero-order valence-corrected chi connectivity index (χ0v) is 11.0. The summed E-state index contributed by atoms with van der Waals surface area (Å²) in [5.74, 6) is -0.0823. The van der Waals surface area contributed by atoms with E-state index in [4.69, 9.17) is 17.3 Å². The Morgan fingerprint density at radius 2 is 1.79 bits per heavy atom. The van der Waals surface area contributed by atoms with Gasteiger partial charge in [-0.05, 0) is 17.7 Å². The molecule has 3 rings (SSSR count). The number of fused-ring (bicyclic) bond motifs is 1. The number of nitrogens with zero attached hydrogens (tertiary/aromatic N) is 1. The van der Waals surface area contributed by atoms with Gasteiger partial charge in [0.25, 0.3) is 0 Å². The van der Waals surface area contributed by atoms with Crippen LogP contribution in [0.5, 0.6) is 0 Å². The zero-order valence-electron chi connectivity index (χ0n) is 10.2. The van der Waals surface area contributed by atoms with Crippen molar-refractivity contribution in [3.63, 3.8) is 0 Å². The molecule has 0 aliphatic carbocycles. The zero-order chi connectivity index (χ0) is 13.4. The van der Waals surface area contributed by atoms with E-state index in [1.54, 1.807) is 4.90 Å². The summed E-state index contributed by atoms with van der Waals surface area (Å²) in [6, 6.07) is 14.6. The minimum Gasteiger partial charge on any atom is -0.316 e. The minimum absolute atomic E-state index is 0.0823. The van der Waals surface area contributed by atoms with Gasteiger partial charge in [0.2, 0.25) is 5.91 Å². The Hall–Kier alpha value is -1.84. The molecule has 0 saturated carbocycles. The average Bonchev–Trinajstić information content (AvgIpc) is 2.67.